The van der Waals surface area contributed by atoms with Gasteiger partial charge in [0, 0.05) is 13.1 Å². The average Bonchev–Trinajstić information content (AvgIpc) is 2.89. The Labute approximate surface area is 204 Å². The van der Waals surface area contributed by atoms with Gasteiger partial charge < -0.3 is 18.6 Å². The van der Waals surface area contributed by atoms with Crippen LogP contribution >= 0.6 is 0 Å². The number of aryl methyl sites for hydroxylation is 2. The number of ether oxygens (including phenoxy) is 3. The minimum atomic E-state index is -0.0695. The van der Waals surface area contributed by atoms with E-state index in [0.717, 1.165) is 36.3 Å². The molecule has 0 saturated heterocycles. The standard InChI is InChI=1S/C29H29NO5/c1-19-27(21-11-13-25(32-2)26(16-21)33-3)28(31)22-12-14-24-23(29(22)35-19)17-30(18-34-24)15-7-10-20-8-5-4-6-9-20/h4-6,8-9,11-14,16H,7,10,15,17-18H2,1-3H3. The van der Waals surface area contributed by atoms with E-state index in [1.54, 1.807) is 32.4 Å². The van der Waals surface area contributed by atoms with Crippen molar-refractivity contribution in [1.29, 1.82) is 0 Å². The van der Waals surface area contributed by atoms with Crippen LogP contribution in [0.5, 0.6) is 17.2 Å². The quantitative estimate of drug-likeness (QED) is 0.351. The maximum Gasteiger partial charge on any atom is 0.200 e. The summed E-state index contributed by atoms with van der Waals surface area (Å²) in [5.74, 6) is 2.51. The third-order valence-corrected chi connectivity index (χ3v) is 6.54. The van der Waals surface area contributed by atoms with Crippen molar-refractivity contribution in [3.8, 4) is 28.4 Å². The van der Waals surface area contributed by atoms with Gasteiger partial charge in [-0.1, -0.05) is 36.4 Å². The van der Waals surface area contributed by atoms with E-state index in [1.807, 2.05) is 25.1 Å². The largest absolute Gasteiger partial charge is 0.493 e. The fourth-order valence-electron chi connectivity index (χ4n) is 4.74. The Hall–Kier alpha value is -3.77. The van der Waals surface area contributed by atoms with Gasteiger partial charge in [0.05, 0.1) is 30.7 Å². The fourth-order valence-corrected chi connectivity index (χ4v) is 4.74. The molecule has 1 aromatic heterocycles. The molecule has 0 amide bonds. The van der Waals surface area contributed by atoms with Crippen LogP contribution in [0.4, 0.5) is 0 Å². The zero-order valence-electron chi connectivity index (χ0n) is 20.3. The van der Waals surface area contributed by atoms with Crippen molar-refractivity contribution in [2.45, 2.75) is 26.3 Å². The molecule has 35 heavy (non-hydrogen) atoms. The second-order valence-electron chi connectivity index (χ2n) is 8.77. The molecule has 0 spiro atoms. The smallest absolute Gasteiger partial charge is 0.200 e. The van der Waals surface area contributed by atoms with Gasteiger partial charge in [-0.25, -0.2) is 0 Å². The lowest BCUT2D eigenvalue weighted by atomic mass is 10.00. The van der Waals surface area contributed by atoms with Gasteiger partial charge in [-0.15, -0.1) is 0 Å². The number of hydrogen-bond donors (Lipinski definition) is 0. The number of fused-ring (bicyclic) bond motifs is 3. The summed E-state index contributed by atoms with van der Waals surface area (Å²) < 4.78 is 23.1. The van der Waals surface area contributed by atoms with Crippen LogP contribution in [0.2, 0.25) is 0 Å². The monoisotopic (exact) mass is 471 g/mol. The maximum atomic E-state index is 13.6. The predicted molar refractivity (Wildman–Crippen MR) is 136 cm³/mol. The first kappa shape index (κ1) is 23.0. The van der Waals surface area contributed by atoms with Crippen LogP contribution in [0.15, 0.2) is 69.9 Å². The van der Waals surface area contributed by atoms with Crippen LogP contribution in [0.3, 0.4) is 0 Å². The molecule has 3 aromatic carbocycles. The highest BCUT2D eigenvalue weighted by atomic mass is 16.5. The molecule has 0 radical (unpaired) electrons. The summed E-state index contributed by atoms with van der Waals surface area (Å²) in [6, 6.07) is 19.6. The van der Waals surface area contributed by atoms with Crippen molar-refractivity contribution in [3.63, 3.8) is 0 Å². The van der Waals surface area contributed by atoms with Crippen LogP contribution in [0.1, 0.15) is 23.3 Å². The van der Waals surface area contributed by atoms with Crippen LogP contribution in [0, 0.1) is 6.92 Å². The van der Waals surface area contributed by atoms with E-state index in [0.29, 0.717) is 47.1 Å². The number of nitrogens with zero attached hydrogens (tertiary/aromatic N) is 1. The van der Waals surface area contributed by atoms with Crippen molar-refractivity contribution >= 4 is 11.0 Å². The SMILES string of the molecule is COc1ccc(-c2c(C)oc3c4c(ccc3c2=O)OCN(CCCc2ccccc2)C4)cc1OC. The van der Waals surface area contributed by atoms with Gasteiger partial charge in [-0.05, 0) is 55.2 Å². The van der Waals surface area contributed by atoms with E-state index in [-0.39, 0.29) is 5.43 Å². The maximum absolute atomic E-state index is 13.6. The van der Waals surface area contributed by atoms with Crippen molar-refractivity contribution in [1.82, 2.24) is 4.90 Å². The molecule has 0 fully saturated rings. The number of hydrogen-bond acceptors (Lipinski definition) is 6. The van der Waals surface area contributed by atoms with Gasteiger partial charge in [0.2, 0.25) is 5.43 Å². The zero-order chi connectivity index (χ0) is 24.4. The lowest BCUT2D eigenvalue weighted by molar-refractivity contribution is 0.0946. The van der Waals surface area contributed by atoms with Gasteiger partial charge in [-0.3, -0.25) is 9.69 Å². The molecule has 180 valence electrons. The van der Waals surface area contributed by atoms with E-state index in [2.05, 4.69) is 29.2 Å². The second-order valence-corrected chi connectivity index (χ2v) is 8.77. The fraction of sp³-hybridized carbons (Fsp3) is 0.276. The van der Waals surface area contributed by atoms with Gasteiger partial charge in [-0.2, -0.15) is 0 Å². The van der Waals surface area contributed by atoms with Crippen molar-refractivity contribution < 1.29 is 18.6 Å². The highest BCUT2D eigenvalue weighted by molar-refractivity contribution is 5.87. The molecular weight excluding hydrogens is 442 g/mol. The number of rotatable bonds is 7. The van der Waals surface area contributed by atoms with Crippen LogP contribution in [-0.4, -0.2) is 32.4 Å². The minimum absolute atomic E-state index is 0.0695. The Bertz CT molecular complexity index is 1410. The summed E-state index contributed by atoms with van der Waals surface area (Å²) in [5, 5.41) is 0.550. The third kappa shape index (κ3) is 4.49. The van der Waals surface area contributed by atoms with Gasteiger partial charge >= 0.3 is 0 Å². The number of methoxy groups -OCH3 is 2. The zero-order valence-corrected chi connectivity index (χ0v) is 20.3. The average molecular weight is 472 g/mol. The second kappa shape index (κ2) is 9.84. The molecular formula is C29H29NO5. The van der Waals surface area contributed by atoms with Crippen LogP contribution < -0.4 is 19.6 Å². The molecule has 6 nitrogen and oxygen atoms in total. The molecule has 2 heterocycles. The van der Waals surface area contributed by atoms with E-state index in [9.17, 15) is 4.79 Å². The highest BCUT2D eigenvalue weighted by Crippen LogP contribution is 2.36. The van der Waals surface area contributed by atoms with Crippen molar-refractivity contribution in [2.24, 2.45) is 0 Å². The first-order valence-electron chi connectivity index (χ1n) is 11.8. The van der Waals surface area contributed by atoms with Gasteiger partial charge in [0.25, 0.3) is 0 Å². The van der Waals surface area contributed by atoms with Crippen molar-refractivity contribution in [2.75, 3.05) is 27.5 Å². The minimum Gasteiger partial charge on any atom is -0.493 e. The molecule has 0 unspecified atom stereocenters. The summed E-state index contributed by atoms with van der Waals surface area (Å²) in [7, 11) is 3.17. The summed E-state index contributed by atoms with van der Waals surface area (Å²) >= 11 is 0. The molecule has 6 heteroatoms. The lowest BCUT2D eigenvalue weighted by Gasteiger charge is -2.29. The Morgan fingerprint density at radius 3 is 2.54 bits per heavy atom. The van der Waals surface area contributed by atoms with Crippen LogP contribution in [0.25, 0.3) is 22.1 Å². The summed E-state index contributed by atoms with van der Waals surface area (Å²) in [6.45, 7) is 3.94. The Kier molecular flexibility index (Phi) is 6.47. The molecule has 1 aliphatic rings. The lowest BCUT2D eigenvalue weighted by Crippen LogP contribution is -2.33. The molecule has 1 aliphatic heterocycles. The predicted octanol–water partition coefficient (Wildman–Crippen LogP) is 5.57. The Morgan fingerprint density at radius 1 is 0.971 bits per heavy atom. The third-order valence-electron chi connectivity index (χ3n) is 6.54. The first-order chi connectivity index (χ1) is 17.1. The number of benzene rings is 3. The van der Waals surface area contributed by atoms with Gasteiger partial charge in [0.1, 0.15) is 23.8 Å². The Balaban J connectivity index is 1.45. The normalized spacial score (nSPS) is 13.3. The molecule has 4 aromatic rings. The van der Waals surface area contributed by atoms with E-state index >= 15 is 0 Å². The molecule has 5 rings (SSSR count). The summed E-state index contributed by atoms with van der Waals surface area (Å²) in [5.41, 5.74) is 4.04. The summed E-state index contributed by atoms with van der Waals surface area (Å²) in [4.78, 5) is 15.9. The molecule has 0 saturated carbocycles. The van der Waals surface area contributed by atoms with E-state index < -0.39 is 0 Å². The first-order valence-corrected chi connectivity index (χ1v) is 11.8. The van der Waals surface area contributed by atoms with Crippen molar-refractivity contribution in [3.05, 3.63) is 87.8 Å². The molecule has 0 bridgehead atoms. The van der Waals surface area contributed by atoms with Crippen LogP contribution in [-0.2, 0) is 13.0 Å². The molecule has 0 atom stereocenters. The highest BCUT2D eigenvalue weighted by Gasteiger charge is 2.24. The van der Waals surface area contributed by atoms with E-state index in [1.165, 1.54) is 5.56 Å². The molecule has 0 N–H and O–H groups in total. The topological polar surface area (TPSA) is 61.1 Å². The summed E-state index contributed by atoms with van der Waals surface area (Å²) in [6.07, 6.45) is 2.04. The van der Waals surface area contributed by atoms with E-state index in [4.69, 9.17) is 18.6 Å². The van der Waals surface area contributed by atoms with Gasteiger partial charge in [0.15, 0.2) is 11.5 Å². The molecule has 0 aliphatic carbocycles. The Morgan fingerprint density at radius 2 is 1.77 bits per heavy atom.